The topological polar surface area (TPSA) is 126 Å². The van der Waals surface area contributed by atoms with Gasteiger partial charge in [-0.25, -0.2) is 4.79 Å². The average molecular weight is 585 g/mol. The molecule has 1 aliphatic heterocycles. The minimum Gasteiger partial charge on any atom is -0.497 e. The smallest absolute Gasteiger partial charge is 0.340 e. The minimum absolute atomic E-state index is 0.00457. The second kappa shape index (κ2) is 10.9. The van der Waals surface area contributed by atoms with Crippen LogP contribution in [0.15, 0.2) is 69.7 Å². The van der Waals surface area contributed by atoms with Gasteiger partial charge in [-0.3, -0.25) is 9.59 Å². The van der Waals surface area contributed by atoms with E-state index in [0.717, 1.165) is 0 Å². The highest BCUT2D eigenvalue weighted by Crippen LogP contribution is 2.50. The van der Waals surface area contributed by atoms with E-state index in [2.05, 4.69) is 21.2 Å². The molecule has 0 saturated carbocycles. The zero-order chi connectivity index (χ0) is 27.6. The number of benzene rings is 2. The van der Waals surface area contributed by atoms with Gasteiger partial charge in [0.2, 0.25) is 5.88 Å². The van der Waals surface area contributed by atoms with Gasteiger partial charge in [-0.2, -0.15) is 0 Å². The van der Waals surface area contributed by atoms with Gasteiger partial charge in [0.1, 0.15) is 22.8 Å². The lowest BCUT2D eigenvalue weighted by Gasteiger charge is -2.38. The third-order valence-electron chi connectivity index (χ3n) is 6.38. The van der Waals surface area contributed by atoms with Gasteiger partial charge in [-0.05, 0) is 47.9 Å². The second-order valence-electron chi connectivity index (χ2n) is 9.83. The summed E-state index contributed by atoms with van der Waals surface area (Å²) < 4.78 is 22.6. The number of Topliss-reactive ketones (excluding diaryl/α,β-unsaturated/α-hetero) is 1. The van der Waals surface area contributed by atoms with E-state index in [1.54, 1.807) is 49.6 Å². The number of halogens is 1. The van der Waals surface area contributed by atoms with Crippen LogP contribution in [0.3, 0.4) is 0 Å². The summed E-state index contributed by atoms with van der Waals surface area (Å²) in [6, 6.07) is 12.0. The van der Waals surface area contributed by atoms with Crippen LogP contribution in [-0.4, -0.2) is 38.5 Å². The number of hydrogen-bond acceptors (Lipinski definition) is 8. The maximum absolute atomic E-state index is 13.4. The molecule has 0 aromatic heterocycles. The molecule has 0 radical (unpaired) electrons. The van der Waals surface area contributed by atoms with Crippen LogP contribution in [0.5, 0.6) is 11.5 Å². The zero-order valence-electron chi connectivity index (χ0n) is 21.6. The lowest BCUT2D eigenvalue weighted by atomic mass is 9.70. The molecule has 10 heteroatoms. The fourth-order valence-electron chi connectivity index (χ4n) is 4.70. The Bertz CT molecular complexity index is 1350. The number of nitrogens with two attached hydrogens (primary N) is 1. The van der Waals surface area contributed by atoms with Crippen molar-refractivity contribution in [2.24, 2.45) is 11.1 Å². The van der Waals surface area contributed by atoms with Gasteiger partial charge in [0, 0.05) is 34.1 Å². The molecule has 1 amide bonds. The van der Waals surface area contributed by atoms with Crippen LogP contribution in [0.1, 0.15) is 38.2 Å². The van der Waals surface area contributed by atoms with Crippen LogP contribution in [0.25, 0.3) is 0 Å². The number of ketones is 1. The molecule has 1 aliphatic carbocycles. The first kappa shape index (κ1) is 27.3. The molecule has 2 aromatic rings. The normalized spacial score (nSPS) is 18.3. The Labute approximate surface area is 229 Å². The first-order valence-corrected chi connectivity index (χ1v) is 12.7. The second-order valence-corrected chi connectivity index (χ2v) is 10.7. The van der Waals surface area contributed by atoms with Crippen molar-refractivity contribution in [3.8, 4) is 11.5 Å². The van der Waals surface area contributed by atoms with E-state index < -0.39 is 17.8 Å². The molecule has 0 saturated heterocycles. The van der Waals surface area contributed by atoms with Crippen LogP contribution >= 0.6 is 15.9 Å². The number of amides is 1. The molecule has 0 fully saturated rings. The number of esters is 1. The molecule has 3 N–H and O–H groups in total. The van der Waals surface area contributed by atoms with Gasteiger partial charge >= 0.3 is 5.97 Å². The molecule has 0 bridgehead atoms. The van der Waals surface area contributed by atoms with Crippen molar-refractivity contribution in [2.75, 3.05) is 26.1 Å². The highest BCUT2D eigenvalue weighted by atomic mass is 79.9. The number of nitrogens with one attached hydrogen (secondary N) is 1. The van der Waals surface area contributed by atoms with E-state index in [9.17, 15) is 14.4 Å². The standard InChI is InChI=1S/C28H29BrN2O7/c1-28(2)12-19(32)24-21(13-28)38-26(30)25(27(34)36-4)23(24)18-11-15(29)5-10-20(18)37-14-22(33)31-16-6-8-17(35-3)9-7-16/h5-11,23H,12-14,30H2,1-4H3,(H,31,33). The molecule has 1 atom stereocenters. The third kappa shape index (κ3) is 5.70. The van der Waals surface area contributed by atoms with Crippen LogP contribution in [0.4, 0.5) is 5.69 Å². The Morgan fingerprint density at radius 3 is 2.50 bits per heavy atom. The SMILES string of the molecule is COC(=O)C1=C(N)OC2=C(C(=O)CC(C)(C)C2)C1c1cc(Br)ccc1OCC(=O)Nc1ccc(OC)cc1. The van der Waals surface area contributed by atoms with E-state index in [1.165, 1.54) is 7.11 Å². The number of methoxy groups -OCH3 is 2. The van der Waals surface area contributed by atoms with Crippen molar-refractivity contribution in [1.29, 1.82) is 0 Å². The van der Waals surface area contributed by atoms with E-state index in [0.29, 0.717) is 45.0 Å². The quantitative estimate of drug-likeness (QED) is 0.453. The summed E-state index contributed by atoms with van der Waals surface area (Å²) >= 11 is 3.47. The number of hydrogen-bond donors (Lipinski definition) is 2. The summed E-state index contributed by atoms with van der Waals surface area (Å²) in [5, 5.41) is 2.76. The molecule has 2 aliphatic rings. The van der Waals surface area contributed by atoms with Crippen LogP contribution in [-0.2, 0) is 23.9 Å². The first-order valence-electron chi connectivity index (χ1n) is 11.9. The van der Waals surface area contributed by atoms with Crippen LogP contribution in [0, 0.1) is 5.41 Å². The number of carbonyl (C=O) groups is 3. The lowest BCUT2D eigenvalue weighted by Crippen LogP contribution is -2.35. The van der Waals surface area contributed by atoms with Crippen molar-refractivity contribution >= 4 is 39.3 Å². The number of ether oxygens (including phenoxy) is 4. The predicted molar refractivity (Wildman–Crippen MR) is 143 cm³/mol. The van der Waals surface area contributed by atoms with Gasteiger partial charge in [0.05, 0.1) is 20.1 Å². The number of carbonyl (C=O) groups excluding carboxylic acids is 3. The third-order valence-corrected chi connectivity index (χ3v) is 6.87. The molecular formula is C28H29BrN2O7. The summed E-state index contributed by atoms with van der Waals surface area (Å²) in [6.07, 6.45) is 0.739. The summed E-state index contributed by atoms with van der Waals surface area (Å²) in [5.41, 5.74) is 7.29. The largest absolute Gasteiger partial charge is 0.497 e. The molecule has 2 aromatic carbocycles. The fourth-order valence-corrected chi connectivity index (χ4v) is 5.07. The summed E-state index contributed by atoms with van der Waals surface area (Å²) in [5.74, 6) is -0.902. The van der Waals surface area contributed by atoms with E-state index in [1.807, 2.05) is 13.8 Å². The fraction of sp³-hybridized carbons (Fsp3) is 0.321. The Kier molecular flexibility index (Phi) is 7.82. The molecule has 1 heterocycles. The van der Waals surface area contributed by atoms with E-state index in [4.69, 9.17) is 24.7 Å². The summed E-state index contributed by atoms with van der Waals surface area (Å²) in [7, 11) is 2.79. The molecule has 4 rings (SSSR count). The summed E-state index contributed by atoms with van der Waals surface area (Å²) in [4.78, 5) is 39.0. The van der Waals surface area contributed by atoms with Crippen LogP contribution in [0.2, 0.25) is 0 Å². The predicted octanol–water partition coefficient (Wildman–Crippen LogP) is 4.58. The lowest BCUT2D eigenvalue weighted by molar-refractivity contribution is -0.136. The number of anilines is 1. The Hall–Kier alpha value is -3.79. The monoisotopic (exact) mass is 584 g/mol. The van der Waals surface area contributed by atoms with E-state index >= 15 is 0 Å². The van der Waals surface area contributed by atoms with Gasteiger partial charge in [0.15, 0.2) is 12.4 Å². The highest BCUT2D eigenvalue weighted by molar-refractivity contribution is 9.10. The van der Waals surface area contributed by atoms with Gasteiger partial charge in [0.25, 0.3) is 5.91 Å². The van der Waals surface area contributed by atoms with Crippen molar-refractivity contribution in [1.82, 2.24) is 0 Å². The average Bonchev–Trinajstić information content (AvgIpc) is 2.86. The number of rotatable bonds is 7. The van der Waals surface area contributed by atoms with E-state index in [-0.39, 0.29) is 35.7 Å². The first-order chi connectivity index (χ1) is 18.0. The van der Waals surface area contributed by atoms with Crippen molar-refractivity contribution in [3.05, 3.63) is 75.3 Å². The molecule has 9 nitrogen and oxygen atoms in total. The maximum atomic E-state index is 13.4. The van der Waals surface area contributed by atoms with Gasteiger partial charge < -0.3 is 30.0 Å². The molecular weight excluding hydrogens is 556 g/mol. The highest BCUT2D eigenvalue weighted by Gasteiger charge is 2.45. The molecule has 38 heavy (non-hydrogen) atoms. The van der Waals surface area contributed by atoms with Crippen molar-refractivity contribution in [2.45, 2.75) is 32.6 Å². The van der Waals surface area contributed by atoms with Gasteiger partial charge in [-0.15, -0.1) is 0 Å². The van der Waals surface area contributed by atoms with Crippen molar-refractivity contribution in [3.63, 3.8) is 0 Å². The van der Waals surface area contributed by atoms with Gasteiger partial charge in [-0.1, -0.05) is 29.8 Å². The Balaban J connectivity index is 1.69. The maximum Gasteiger partial charge on any atom is 0.340 e. The molecule has 0 spiro atoms. The zero-order valence-corrected chi connectivity index (χ0v) is 23.1. The summed E-state index contributed by atoms with van der Waals surface area (Å²) in [6.45, 7) is 3.62. The van der Waals surface area contributed by atoms with Crippen molar-refractivity contribution < 1.29 is 33.3 Å². The molecule has 200 valence electrons. The Morgan fingerprint density at radius 2 is 1.84 bits per heavy atom. The minimum atomic E-state index is -0.896. The molecule has 1 unspecified atom stereocenters. The number of allylic oxidation sites excluding steroid dienone is 2. The Morgan fingerprint density at radius 1 is 1.13 bits per heavy atom. The van der Waals surface area contributed by atoms with Crippen LogP contribution < -0.4 is 20.5 Å².